The summed E-state index contributed by atoms with van der Waals surface area (Å²) in [7, 11) is 1.50. The van der Waals surface area contributed by atoms with Crippen LogP contribution in [0.5, 0.6) is 0 Å². The largest absolute Gasteiger partial charge is 0.418 e. The summed E-state index contributed by atoms with van der Waals surface area (Å²) < 4.78 is 65.1. The fourth-order valence-corrected chi connectivity index (χ4v) is 2.27. The zero-order chi connectivity index (χ0) is 18.6. The number of benzene rings is 2. The second kappa shape index (κ2) is 7.60. The molecule has 0 bridgehead atoms. The predicted molar refractivity (Wildman–Crippen MR) is 82.8 cm³/mol. The summed E-state index contributed by atoms with van der Waals surface area (Å²) in [5.41, 5.74) is -1.12. The van der Waals surface area contributed by atoms with Crippen molar-refractivity contribution < 1.29 is 26.7 Å². The number of para-hydroxylation sites is 1. The average molecular weight is 358 g/mol. The Kier molecular flexibility index (Phi) is 5.73. The molecule has 2 aromatic rings. The minimum atomic E-state index is -4.59. The molecule has 0 aromatic heterocycles. The SMILES string of the molecule is CN(CC(=O)Nc1ccccc1C(F)(F)F)Cc1ccc(F)cc1F. The monoisotopic (exact) mass is 358 g/mol. The Morgan fingerprint density at radius 3 is 2.44 bits per heavy atom. The average Bonchev–Trinajstić information content (AvgIpc) is 2.49. The standard InChI is InChI=1S/C17H15F5N2O/c1-24(9-11-6-7-12(18)8-14(11)19)10-16(25)23-15-5-3-2-4-13(15)17(20,21)22/h2-8H,9-10H2,1H3,(H,23,25). The van der Waals surface area contributed by atoms with E-state index in [2.05, 4.69) is 5.32 Å². The van der Waals surface area contributed by atoms with Gasteiger partial charge in [-0.3, -0.25) is 9.69 Å². The topological polar surface area (TPSA) is 32.3 Å². The van der Waals surface area contributed by atoms with Crippen molar-refractivity contribution in [1.29, 1.82) is 0 Å². The normalized spacial score (nSPS) is 11.6. The van der Waals surface area contributed by atoms with Gasteiger partial charge in [0.15, 0.2) is 0 Å². The number of halogens is 5. The van der Waals surface area contributed by atoms with Gasteiger partial charge < -0.3 is 5.32 Å². The first-order valence-electron chi connectivity index (χ1n) is 7.25. The molecule has 0 saturated heterocycles. The molecule has 2 rings (SSSR count). The number of alkyl halides is 3. The van der Waals surface area contributed by atoms with Crippen LogP contribution in [0.3, 0.4) is 0 Å². The van der Waals surface area contributed by atoms with Gasteiger partial charge in [-0.1, -0.05) is 18.2 Å². The highest BCUT2D eigenvalue weighted by Gasteiger charge is 2.33. The van der Waals surface area contributed by atoms with Crippen LogP contribution in [-0.2, 0) is 17.5 Å². The highest BCUT2D eigenvalue weighted by molar-refractivity contribution is 5.93. The number of likely N-dealkylation sites (N-methyl/N-ethyl adjacent to an activating group) is 1. The molecule has 25 heavy (non-hydrogen) atoms. The van der Waals surface area contributed by atoms with Crippen molar-refractivity contribution in [2.24, 2.45) is 0 Å². The Balaban J connectivity index is 2.01. The predicted octanol–water partition coefficient (Wildman–Crippen LogP) is 4.05. The Morgan fingerprint density at radius 1 is 1.12 bits per heavy atom. The van der Waals surface area contributed by atoms with Gasteiger partial charge in [-0.15, -0.1) is 0 Å². The van der Waals surface area contributed by atoms with Crippen LogP contribution in [0.15, 0.2) is 42.5 Å². The first-order chi connectivity index (χ1) is 11.7. The van der Waals surface area contributed by atoms with Crippen molar-refractivity contribution in [3.63, 3.8) is 0 Å². The van der Waals surface area contributed by atoms with Gasteiger partial charge in [0.25, 0.3) is 0 Å². The smallest absolute Gasteiger partial charge is 0.324 e. The minimum Gasteiger partial charge on any atom is -0.324 e. The van der Waals surface area contributed by atoms with Gasteiger partial charge in [0.05, 0.1) is 17.8 Å². The Labute approximate surface area is 141 Å². The summed E-state index contributed by atoms with van der Waals surface area (Å²) in [6.45, 7) is -0.260. The molecule has 2 aromatic carbocycles. The first kappa shape index (κ1) is 18.9. The van der Waals surface area contributed by atoms with Crippen molar-refractivity contribution in [3.8, 4) is 0 Å². The molecule has 0 heterocycles. The zero-order valence-corrected chi connectivity index (χ0v) is 13.2. The van der Waals surface area contributed by atoms with Crippen molar-refractivity contribution in [1.82, 2.24) is 4.90 Å². The number of nitrogens with zero attached hydrogens (tertiary/aromatic N) is 1. The molecule has 0 aliphatic rings. The number of carbonyl (C=O) groups excluding carboxylic acids is 1. The number of rotatable bonds is 5. The lowest BCUT2D eigenvalue weighted by Gasteiger charge is -2.18. The van der Waals surface area contributed by atoms with E-state index >= 15 is 0 Å². The van der Waals surface area contributed by atoms with E-state index in [4.69, 9.17) is 0 Å². The molecule has 0 radical (unpaired) electrons. The van der Waals surface area contributed by atoms with Crippen LogP contribution in [0.25, 0.3) is 0 Å². The van der Waals surface area contributed by atoms with Crippen LogP contribution in [0.2, 0.25) is 0 Å². The number of nitrogens with one attached hydrogen (secondary N) is 1. The van der Waals surface area contributed by atoms with Gasteiger partial charge >= 0.3 is 6.18 Å². The van der Waals surface area contributed by atoms with E-state index in [9.17, 15) is 26.7 Å². The number of hydrogen-bond donors (Lipinski definition) is 1. The van der Waals surface area contributed by atoms with E-state index in [-0.39, 0.29) is 24.3 Å². The van der Waals surface area contributed by atoms with Crippen molar-refractivity contribution in [2.45, 2.75) is 12.7 Å². The molecule has 134 valence electrons. The van der Waals surface area contributed by atoms with Crippen molar-refractivity contribution in [2.75, 3.05) is 18.9 Å². The van der Waals surface area contributed by atoms with Crippen molar-refractivity contribution in [3.05, 3.63) is 65.2 Å². The molecule has 0 aliphatic carbocycles. The van der Waals surface area contributed by atoms with Gasteiger partial charge in [-0.2, -0.15) is 13.2 Å². The molecule has 0 fully saturated rings. The highest BCUT2D eigenvalue weighted by Crippen LogP contribution is 2.34. The van der Waals surface area contributed by atoms with E-state index in [1.165, 1.54) is 30.1 Å². The zero-order valence-electron chi connectivity index (χ0n) is 13.2. The number of anilines is 1. The van der Waals surface area contributed by atoms with Gasteiger partial charge in [0, 0.05) is 18.2 Å². The van der Waals surface area contributed by atoms with Crippen molar-refractivity contribution >= 4 is 11.6 Å². The maximum atomic E-state index is 13.6. The third kappa shape index (κ3) is 5.25. The molecule has 3 nitrogen and oxygen atoms in total. The van der Waals surface area contributed by atoms with Crippen LogP contribution >= 0.6 is 0 Å². The molecule has 8 heteroatoms. The fourth-order valence-electron chi connectivity index (χ4n) is 2.27. The maximum absolute atomic E-state index is 13.6. The second-order valence-electron chi connectivity index (χ2n) is 5.50. The molecule has 1 amide bonds. The number of carbonyl (C=O) groups is 1. The lowest BCUT2D eigenvalue weighted by atomic mass is 10.1. The van der Waals surface area contributed by atoms with E-state index in [1.807, 2.05) is 0 Å². The van der Waals surface area contributed by atoms with Gasteiger partial charge in [0.2, 0.25) is 5.91 Å². The molecule has 0 spiro atoms. The number of hydrogen-bond acceptors (Lipinski definition) is 2. The fraction of sp³-hybridized carbons (Fsp3) is 0.235. The van der Waals surface area contributed by atoms with Crippen LogP contribution < -0.4 is 5.32 Å². The van der Waals surface area contributed by atoms with Crippen LogP contribution in [0, 0.1) is 11.6 Å². The van der Waals surface area contributed by atoms with E-state index in [1.54, 1.807) is 0 Å². The molecular formula is C17H15F5N2O. The minimum absolute atomic E-state index is 0.000447. The van der Waals surface area contributed by atoms with E-state index in [0.29, 0.717) is 0 Å². The van der Waals surface area contributed by atoms with E-state index in [0.717, 1.165) is 24.3 Å². The summed E-state index contributed by atoms with van der Waals surface area (Å²) in [5, 5.41) is 2.20. The molecule has 1 N–H and O–H groups in total. The lowest BCUT2D eigenvalue weighted by Crippen LogP contribution is -2.30. The quantitative estimate of drug-likeness (QED) is 0.818. The van der Waals surface area contributed by atoms with Gasteiger partial charge in [-0.25, -0.2) is 8.78 Å². The van der Waals surface area contributed by atoms with E-state index < -0.39 is 29.3 Å². The summed E-state index contributed by atoms with van der Waals surface area (Å²) in [4.78, 5) is 13.4. The molecule has 0 atom stereocenters. The first-order valence-corrected chi connectivity index (χ1v) is 7.25. The summed E-state index contributed by atoms with van der Waals surface area (Å²) in [6.07, 6.45) is -4.59. The number of amides is 1. The lowest BCUT2D eigenvalue weighted by molar-refractivity contribution is -0.137. The molecule has 0 saturated carbocycles. The summed E-state index contributed by atoms with van der Waals surface area (Å²) in [5.74, 6) is -2.15. The highest BCUT2D eigenvalue weighted by atomic mass is 19.4. The maximum Gasteiger partial charge on any atom is 0.418 e. The van der Waals surface area contributed by atoms with Crippen LogP contribution in [0.4, 0.5) is 27.6 Å². The Hall–Kier alpha value is -2.48. The molecule has 0 unspecified atom stereocenters. The van der Waals surface area contributed by atoms with Crippen LogP contribution in [0.1, 0.15) is 11.1 Å². The summed E-state index contributed by atoms with van der Waals surface area (Å²) in [6, 6.07) is 7.69. The van der Waals surface area contributed by atoms with Crippen LogP contribution in [-0.4, -0.2) is 24.4 Å². The Morgan fingerprint density at radius 2 is 1.80 bits per heavy atom. The van der Waals surface area contributed by atoms with Gasteiger partial charge in [0.1, 0.15) is 11.6 Å². The third-order valence-corrected chi connectivity index (χ3v) is 3.38. The second-order valence-corrected chi connectivity index (χ2v) is 5.50. The third-order valence-electron chi connectivity index (χ3n) is 3.38. The van der Waals surface area contributed by atoms with Gasteiger partial charge in [-0.05, 0) is 25.2 Å². The Bertz CT molecular complexity index is 761. The molecule has 0 aliphatic heterocycles. The summed E-state index contributed by atoms with van der Waals surface area (Å²) >= 11 is 0. The molecular weight excluding hydrogens is 343 g/mol.